The molecule has 2 heterocycles. The smallest absolute Gasteiger partial charge is 0.255 e. The van der Waals surface area contributed by atoms with Gasteiger partial charge in [0.2, 0.25) is 0 Å². The first-order chi connectivity index (χ1) is 9.54. The quantitative estimate of drug-likeness (QED) is 0.881. The summed E-state index contributed by atoms with van der Waals surface area (Å²) in [7, 11) is 2.17. The zero-order valence-corrected chi connectivity index (χ0v) is 12.2. The minimum absolute atomic E-state index is 0.0252. The van der Waals surface area contributed by atoms with Crippen LogP contribution in [0, 0.1) is 0 Å². The average Bonchev–Trinajstić information content (AvgIpc) is 2.64. The summed E-state index contributed by atoms with van der Waals surface area (Å²) in [6, 6.07) is 5.88. The SMILES string of the molecule is CN1[C@@H]2CC[C@H]1CC(NC(=O)c1cc(Cl)ccc1O)C2. The molecular weight excluding hydrogens is 276 g/mol. The minimum Gasteiger partial charge on any atom is -0.507 e. The molecule has 2 N–H and O–H groups in total. The highest BCUT2D eigenvalue weighted by atomic mass is 35.5. The number of nitrogens with one attached hydrogen (secondary N) is 1. The van der Waals surface area contributed by atoms with E-state index in [0.29, 0.717) is 17.1 Å². The molecule has 3 rings (SSSR count). The third kappa shape index (κ3) is 2.50. The Morgan fingerprint density at radius 3 is 2.65 bits per heavy atom. The van der Waals surface area contributed by atoms with Crippen LogP contribution in [0.4, 0.5) is 0 Å². The molecular formula is C15H19ClN2O2. The Morgan fingerprint density at radius 2 is 2.00 bits per heavy atom. The Labute approximate surface area is 123 Å². The Balaban J connectivity index is 1.69. The number of halogens is 1. The zero-order valence-electron chi connectivity index (χ0n) is 11.5. The van der Waals surface area contributed by atoms with Gasteiger partial charge < -0.3 is 15.3 Å². The molecule has 20 heavy (non-hydrogen) atoms. The molecule has 0 aromatic heterocycles. The lowest BCUT2D eigenvalue weighted by atomic mass is 9.97. The van der Waals surface area contributed by atoms with Crippen molar-refractivity contribution in [2.75, 3.05) is 7.05 Å². The first-order valence-electron chi connectivity index (χ1n) is 7.06. The number of amides is 1. The van der Waals surface area contributed by atoms with E-state index < -0.39 is 0 Å². The van der Waals surface area contributed by atoms with Crippen molar-refractivity contribution < 1.29 is 9.90 Å². The van der Waals surface area contributed by atoms with Gasteiger partial charge in [0.1, 0.15) is 5.75 Å². The number of carbonyl (C=O) groups is 1. The molecule has 4 nitrogen and oxygen atoms in total. The predicted molar refractivity (Wildman–Crippen MR) is 78.2 cm³/mol. The van der Waals surface area contributed by atoms with Crippen LogP contribution in [0.25, 0.3) is 0 Å². The van der Waals surface area contributed by atoms with Crippen molar-refractivity contribution in [3.8, 4) is 5.75 Å². The summed E-state index contributed by atoms with van der Waals surface area (Å²) in [5.74, 6) is -0.262. The van der Waals surface area contributed by atoms with E-state index in [-0.39, 0.29) is 23.3 Å². The standard InChI is InChI=1S/C15H19ClN2O2/c1-18-11-3-4-12(18)8-10(7-11)17-15(20)13-6-9(16)2-5-14(13)19/h2,5-6,10-12,19H,3-4,7-8H2,1H3,(H,17,20)/t10?,11-,12+. The summed E-state index contributed by atoms with van der Waals surface area (Å²) in [6.45, 7) is 0. The van der Waals surface area contributed by atoms with Crippen LogP contribution in [0.1, 0.15) is 36.0 Å². The maximum Gasteiger partial charge on any atom is 0.255 e. The predicted octanol–water partition coefficient (Wildman–Crippen LogP) is 2.40. The van der Waals surface area contributed by atoms with Crippen LogP contribution in [0.3, 0.4) is 0 Å². The van der Waals surface area contributed by atoms with Crippen molar-refractivity contribution in [1.82, 2.24) is 10.2 Å². The number of hydrogen-bond acceptors (Lipinski definition) is 3. The summed E-state index contributed by atoms with van der Waals surface area (Å²) >= 11 is 5.88. The molecule has 0 spiro atoms. The van der Waals surface area contributed by atoms with Gasteiger partial charge in [0, 0.05) is 23.1 Å². The molecule has 108 valence electrons. The van der Waals surface area contributed by atoms with E-state index in [1.54, 1.807) is 6.07 Å². The van der Waals surface area contributed by atoms with Crippen molar-refractivity contribution >= 4 is 17.5 Å². The molecule has 1 aromatic rings. The van der Waals surface area contributed by atoms with Gasteiger partial charge in [0.25, 0.3) is 5.91 Å². The fourth-order valence-corrected chi connectivity index (χ4v) is 3.65. The number of aromatic hydroxyl groups is 1. The third-order valence-electron chi connectivity index (χ3n) is 4.64. The maximum atomic E-state index is 12.3. The molecule has 2 aliphatic heterocycles. The summed E-state index contributed by atoms with van der Waals surface area (Å²) in [4.78, 5) is 14.7. The summed E-state index contributed by atoms with van der Waals surface area (Å²) in [5, 5.41) is 13.3. The van der Waals surface area contributed by atoms with Crippen molar-refractivity contribution in [3.63, 3.8) is 0 Å². The number of phenols is 1. The number of fused-ring (bicyclic) bond motifs is 2. The lowest BCUT2D eigenvalue weighted by molar-refractivity contribution is 0.0880. The molecule has 5 heteroatoms. The van der Waals surface area contributed by atoms with Gasteiger partial charge in [-0.2, -0.15) is 0 Å². The van der Waals surface area contributed by atoms with E-state index in [2.05, 4.69) is 17.3 Å². The van der Waals surface area contributed by atoms with Gasteiger partial charge in [0.15, 0.2) is 0 Å². The molecule has 0 aliphatic carbocycles. The first kappa shape index (κ1) is 13.7. The molecule has 1 amide bonds. The number of nitrogens with zero attached hydrogens (tertiary/aromatic N) is 1. The maximum absolute atomic E-state index is 12.3. The normalized spacial score (nSPS) is 29.4. The van der Waals surface area contributed by atoms with Gasteiger partial charge in [-0.05, 0) is 50.9 Å². The van der Waals surface area contributed by atoms with Gasteiger partial charge in [-0.15, -0.1) is 0 Å². The fourth-order valence-electron chi connectivity index (χ4n) is 3.48. The highest BCUT2D eigenvalue weighted by molar-refractivity contribution is 6.31. The van der Waals surface area contributed by atoms with E-state index >= 15 is 0 Å². The van der Waals surface area contributed by atoms with Gasteiger partial charge in [0.05, 0.1) is 5.56 Å². The number of carbonyl (C=O) groups excluding carboxylic acids is 1. The topological polar surface area (TPSA) is 52.6 Å². The molecule has 1 unspecified atom stereocenters. The Kier molecular flexibility index (Phi) is 3.61. The average molecular weight is 295 g/mol. The number of hydrogen-bond donors (Lipinski definition) is 2. The zero-order chi connectivity index (χ0) is 14.3. The van der Waals surface area contributed by atoms with E-state index in [4.69, 9.17) is 11.6 Å². The molecule has 0 saturated carbocycles. The second-order valence-corrected chi connectivity index (χ2v) is 6.29. The molecule has 2 saturated heterocycles. The number of phenolic OH excluding ortho intramolecular Hbond substituents is 1. The molecule has 0 radical (unpaired) electrons. The lowest BCUT2D eigenvalue weighted by Crippen LogP contribution is -2.48. The van der Waals surface area contributed by atoms with Crippen molar-refractivity contribution in [2.24, 2.45) is 0 Å². The minimum atomic E-state index is -0.237. The first-order valence-corrected chi connectivity index (χ1v) is 7.43. The largest absolute Gasteiger partial charge is 0.507 e. The van der Waals surface area contributed by atoms with E-state index in [0.717, 1.165) is 12.8 Å². The monoisotopic (exact) mass is 294 g/mol. The van der Waals surface area contributed by atoms with Gasteiger partial charge >= 0.3 is 0 Å². The number of piperidine rings is 1. The van der Waals surface area contributed by atoms with Crippen LogP contribution in [0.15, 0.2) is 18.2 Å². The van der Waals surface area contributed by atoms with E-state index in [1.807, 2.05) is 0 Å². The van der Waals surface area contributed by atoms with Crippen LogP contribution in [0.5, 0.6) is 5.75 Å². The second kappa shape index (κ2) is 5.26. The van der Waals surface area contributed by atoms with Crippen LogP contribution in [-0.4, -0.2) is 41.1 Å². The highest BCUT2D eigenvalue weighted by Gasteiger charge is 2.38. The summed E-state index contributed by atoms with van der Waals surface area (Å²) < 4.78 is 0. The third-order valence-corrected chi connectivity index (χ3v) is 4.87. The van der Waals surface area contributed by atoms with Crippen molar-refractivity contribution in [1.29, 1.82) is 0 Å². The van der Waals surface area contributed by atoms with Crippen LogP contribution in [0.2, 0.25) is 5.02 Å². The summed E-state index contributed by atoms with van der Waals surface area (Å²) in [6.07, 6.45) is 4.41. The number of rotatable bonds is 2. The van der Waals surface area contributed by atoms with Crippen LogP contribution in [-0.2, 0) is 0 Å². The second-order valence-electron chi connectivity index (χ2n) is 5.85. The van der Waals surface area contributed by atoms with Gasteiger partial charge in [-0.3, -0.25) is 4.79 Å². The number of benzene rings is 1. The van der Waals surface area contributed by atoms with Gasteiger partial charge in [-0.1, -0.05) is 11.6 Å². The lowest BCUT2D eigenvalue weighted by Gasteiger charge is -2.36. The molecule has 3 atom stereocenters. The Morgan fingerprint density at radius 1 is 1.35 bits per heavy atom. The molecule has 2 fully saturated rings. The Bertz CT molecular complexity index is 521. The van der Waals surface area contributed by atoms with Crippen molar-refractivity contribution in [2.45, 2.75) is 43.8 Å². The Hall–Kier alpha value is -1.26. The highest BCUT2D eigenvalue weighted by Crippen LogP contribution is 2.34. The van der Waals surface area contributed by atoms with Gasteiger partial charge in [-0.25, -0.2) is 0 Å². The fraction of sp³-hybridized carbons (Fsp3) is 0.533. The van der Waals surface area contributed by atoms with Crippen LogP contribution < -0.4 is 5.32 Å². The van der Waals surface area contributed by atoms with Crippen molar-refractivity contribution in [3.05, 3.63) is 28.8 Å². The van der Waals surface area contributed by atoms with Crippen LogP contribution >= 0.6 is 11.6 Å². The van der Waals surface area contributed by atoms with E-state index in [1.165, 1.54) is 25.0 Å². The summed E-state index contributed by atoms with van der Waals surface area (Å²) in [5.41, 5.74) is 0.253. The molecule has 2 aliphatic rings. The molecule has 1 aromatic carbocycles. The van der Waals surface area contributed by atoms with E-state index in [9.17, 15) is 9.90 Å². The molecule has 2 bridgehead atoms.